The highest BCUT2D eigenvalue weighted by Gasteiger charge is 2.10. The van der Waals surface area contributed by atoms with E-state index in [0.29, 0.717) is 16.5 Å². The average molecular weight is 242 g/mol. The lowest BCUT2D eigenvalue weighted by molar-refractivity contribution is 0.0827. The number of halogens is 1. The number of aromatic nitrogens is 1. The molecule has 0 aliphatic heterocycles. The Balaban J connectivity index is 2.93. The molecule has 1 rings (SSSR count). The highest BCUT2D eigenvalue weighted by Crippen LogP contribution is 2.15. The maximum Gasteiger partial charge on any atom is 0.253 e. The predicted octanol–water partition coefficient (Wildman–Crippen LogP) is 2.26. The third-order valence-corrected chi connectivity index (χ3v) is 2.20. The predicted molar refractivity (Wildman–Crippen MR) is 66.0 cm³/mol. The summed E-state index contributed by atoms with van der Waals surface area (Å²) in [7, 11) is 3.41. The van der Waals surface area contributed by atoms with Crippen molar-refractivity contribution >= 4 is 23.3 Å². The van der Waals surface area contributed by atoms with Crippen LogP contribution in [0.3, 0.4) is 0 Å². The van der Waals surface area contributed by atoms with Gasteiger partial charge in [-0.15, -0.1) is 0 Å². The van der Waals surface area contributed by atoms with E-state index in [1.807, 2.05) is 0 Å². The van der Waals surface area contributed by atoms with Crippen LogP contribution in [0.1, 0.15) is 23.7 Å². The van der Waals surface area contributed by atoms with Crippen LogP contribution >= 0.6 is 11.6 Å². The Kier molecular flexibility index (Phi) is 4.55. The number of rotatable bonds is 4. The third kappa shape index (κ3) is 3.38. The van der Waals surface area contributed by atoms with Crippen LogP contribution in [0.25, 0.3) is 0 Å². The molecule has 0 saturated carbocycles. The zero-order valence-electron chi connectivity index (χ0n) is 9.75. The van der Waals surface area contributed by atoms with Gasteiger partial charge in [-0.25, -0.2) is 4.98 Å². The van der Waals surface area contributed by atoms with Crippen LogP contribution in [0, 0.1) is 0 Å². The minimum atomic E-state index is -0.0798. The smallest absolute Gasteiger partial charge is 0.253 e. The molecule has 1 aromatic rings. The molecular formula is C11H16ClN3O. The number of carbonyl (C=O) groups excluding carboxylic acids is 1. The van der Waals surface area contributed by atoms with Gasteiger partial charge in [0.05, 0.1) is 0 Å². The molecule has 1 N–H and O–H groups in total. The first-order valence-electron chi connectivity index (χ1n) is 5.17. The number of anilines is 1. The zero-order chi connectivity index (χ0) is 12.1. The van der Waals surface area contributed by atoms with Crippen molar-refractivity contribution < 1.29 is 4.79 Å². The van der Waals surface area contributed by atoms with Crippen molar-refractivity contribution in [1.82, 2.24) is 9.88 Å². The van der Waals surface area contributed by atoms with Gasteiger partial charge in [-0.05, 0) is 18.6 Å². The van der Waals surface area contributed by atoms with Gasteiger partial charge in [0.15, 0.2) is 0 Å². The summed E-state index contributed by atoms with van der Waals surface area (Å²) in [5.41, 5.74) is 0.545. The largest absolute Gasteiger partial charge is 0.370 e. The van der Waals surface area contributed by atoms with Gasteiger partial charge in [0, 0.05) is 26.2 Å². The van der Waals surface area contributed by atoms with Crippen LogP contribution in [0.2, 0.25) is 5.15 Å². The summed E-state index contributed by atoms with van der Waals surface area (Å²) in [6, 6.07) is 3.28. The number of nitrogens with one attached hydrogen (secondary N) is 1. The Morgan fingerprint density at radius 3 is 2.75 bits per heavy atom. The van der Waals surface area contributed by atoms with E-state index in [1.165, 1.54) is 4.90 Å². The molecule has 4 nitrogen and oxygen atoms in total. The van der Waals surface area contributed by atoms with Crippen LogP contribution in [0.4, 0.5) is 5.82 Å². The lowest BCUT2D eigenvalue weighted by Gasteiger charge is -2.12. The molecule has 1 heterocycles. The quantitative estimate of drug-likeness (QED) is 0.823. The maximum absolute atomic E-state index is 11.7. The fraction of sp³-hybridized carbons (Fsp3) is 0.455. The highest BCUT2D eigenvalue weighted by molar-refractivity contribution is 6.29. The molecule has 1 aromatic heterocycles. The maximum atomic E-state index is 11.7. The summed E-state index contributed by atoms with van der Waals surface area (Å²) in [5.74, 6) is 0.559. The molecule has 88 valence electrons. The second-order valence-corrected chi connectivity index (χ2v) is 4.08. The standard InChI is InChI=1S/C11H16ClN3O/c1-4-5-13-10-7-8(6-9(12)14-10)11(16)15(2)3/h6-7H,4-5H2,1-3H3,(H,13,14). The van der Waals surface area contributed by atoms with E-state index in [2.05, 4.69) is 17.2 Å². The number of carbonyl (C=O) groups is 1. The Hall–Kier alpha value is -1.29. The molecule has 0 fully saturated rings. The first-order valence-corrected chi connectivity index (χ1v) is 5.55. The second kappa shape index (κ2) is 5.70. The second-order valence-electron chi connectivity index (χ2n) is 3.69. The van der Waals surface area contributed by atoms with Crippen molar-refractivity contribution in [2.75, 3.05) is 26.0 Å². The molecule has 0 bridgehead atoms. The Morgan fingerprint density at radius 1 is 1.50 bits per heavy atom. The average Bonchev–Trinajstić information content (AvgIpc) is 2.24. The van der Waals surface area contributed by atoms with Crippen LogP contribution in [-0.2, 0) is 0 Å². The monoisotopic (exact) mass is 241 g/mol. The van der Waals surface area contributed by atoms with Gasteiger partial charge in [0.2, 0.25) is 0 Å². The summed E-state index contributed by atoms with van der Waals surface area (Å²) in [6.45, 7) is 2.87. The van der Waals surface area contributed by atoms with Crippen molar-refractivity contribution in [3.63, 3.8) is 0 Å². The van der Waals surface area contributed by atoms with Gasteiger partial charge in [-0.3, -0.25) is 4.79 Å². The van der Waals surface area contributed by atoms with Crippen molar-refractivity contribution in [2.45, 2.75) is 13.3 Å². The molecular weight excluding hydrogens is 226 g/mol. The molecule has 0 aromatic carbocycles. The van der Waals surface area contributed by atoms with E-state index < -0.39 is 0 Å². The van der Waals surface area contributed by atoms with Gasteiger partial charge in [-0.1, -0.05) is 18.5 Å². The van der Waals surface area contributed by atoms with E-state index in [1.54, 1.807) is 26.2 Å². The molecule has 0 atom stereocenters. The first kappa shape index (κ1) is 12.8. The van der Waals surface area contributed by atoms with E-state index in [4.69, 9.17) is 11.6 Å². The summed E-state index contributed by atoms with van der Waals surface area (Å²) < 4.78 is 0. The molecule has 16 heavy (non-hydrogen) atoms. The van der Waals surface area contributed by atoms with Crippen LogP contribution in [0.15, 0.2) is 12.1 Å². The summed E-state index contributed by atoms with van der Waals surface area (Å²) >= 11 is 5.86. The van der Waals surface area contributed by atoms with E-state index in [9.17, 15) is 4.79 Å². The molecule has 5 heteroatoms. The van der Waals surface area contributed by atoms with Gasteiger partial charge in [0.1, 0.15) is 11.0 Å². The van der Waals surface area contributed by atoms with Crippen molar-refractivity contribution in [2.24, 2.45) is 0 Å². The minimum Gasteiger partial charge on any atom is -0.370 e. The molecule has 0 unspecified atom stereocenters. The van der Waals surface area contributed by atoms with Gasteiger partial charge < -0.3 is 10.2 Å². The Bertz CT molecular complexity index is 379. The Morgan fingerprint density at radius 2 is 2.19 bits per heavy atom. The highest BCUT2D eigenvalue weighted by atomic mass is 35.5. The topological polar surface area (TPSA) is 45.2 Å². The van der Waals surface area contributed by atoms with Gasteiger partial charge in [0.25, 0.3) is 5.91 Å². The van der Waals surface area contributed by atoms with E-state index in [-0.39, 0.29) is 5.91 Å². The van der Waals surface area contributed by atoms with E-state index >= 15 is 0 Å². The zero-order valence-corrected chi connectivity index (χ0v) is 10.5. The van der Waals surface area contributed by atoms with Crippen LogP contribution in [-0.4, -0.2) is 36.4 Å². The normalized spacial score (nSPS) is 10.0. The molecule has 0 aliphatic rings. The van der Waals surface area contributed by atoms with E-state index in [0.717, 1.165) is 13.0 Å². The van der Waals surface area contributed by atoms with Crippen molar-refractivity contribution in [3.8, 4) is 0 Å². The van der Waals surface area contributed by atoms with Crippen molar-refractivity contribution in [1.29, 1.82) is 0 Å². The SMILES string of the molecule is CCCNc1cc(C(=O)N(C)C)cc(Cl)n1. The summed E-state index contributed by atoms with van der Waals surface area (Å²) in [5, 5.41) is 3.43. The lowest BCUT2D eigenvalue weighted by atomic mass is 10.2. The number of amides is 1. The molecule has 0 spiro atoms. The van der Waals surface area contributed by atoms with Gasteiger partial charge in [-0.2, -0.15) is 0 Å². The molecule has 0 aliphatic carbocycles. The summed E-state index contributed by atoms with van der Waals surface area (Å²) in [6.07, 6.45) is 0.991. The molecule has 1 amide bonds. The number of hydrogen-bond acceptors (Lipinski definition) is 3. The van der Waals surface area contributed by atoms with Crippen LogP contribution < -0.4 is 5.32 Å². The van der Waals surface area contributed by atoms with Gasteiger partial charge >= 0.3 is 0 Å². The minimum absolute atomic E-state index is 0.0798. The Labute approximate surface area is 101 Å². The fourth-order valence-electron chi connectivity index (χ4n) is 1.22. The first-order chi connectivity index (χ1) is 7.54. The number of pyridine rings is 1. The fourth-order valence-corrected chi connectivity index (χ4v) is 1.43. The van der Waals surface area contributed by atoms with Crippen LogP contribution in [0.5, 0.6) is 0 Å². The van der Waals surface area contributed by atoms with Crippen molar-refractivity contribution in [3.05, 3.63) is 22.8 Å². The number of hydrogen-bond donors (Lipinski definition) is 1. The lowest BCUT2D eigenvalue weighted by Crippen LogP contribution is -2.22. The summed E-state index contributed by atoms with van der Waals surface area (Å²) in [4.78, 5) is 17.3. The molecule has 0 saturated heterocycles. The third-order valence-electron chi connectivity index (χ3n) is 2.00. The number of nitrogens with zero attached hydrogens (tertiary/aromatic N) is 2. The molecule has 0 radical (unpaired) electrons.